The minimum absolute atomic E-state index is 0.0218. The molecule has 1 aliphatic rings. The van der Waals surface area contributed by atoms with Gasteiger partial charge in [-0.05, 0) is 23.8 Å². The Kier molecular flexibility index (Phi) is 3.24. The van der Waals surface area contributed by atoms with Crippen molar-refractivity contribution in [1.29, 1.82) is 0 Å². The number of urea groups is 1. The molecule has 0 aromatic heterocycles. The fourth-order valence-corrected chi connectivity index (χ4v) is 1.92. The molecule has 2 rings (SSSR count). The first-order valence-electron chi connectivity index (χ1n) is 4.92. The van der Waals surface area contributed by atoms with Crippen LogP contribution >= 0.6 is 15.9 Å². The maximum Gasteiger partial charge on any atom is 0.326 e. The normalized spacial score (nSPS) is 16.7. The van der Waals surface area contributed by atoms with Crippen molar-refractivity contribution in [2.24, 2.45) is 0 Å². The van der Waals surface area contributed by atoms with Crippen molar-refractivity contribution in [3.8, 4) is 11.5 Å². The molecular weight excluding hydrogens is 304 g/mol. The zero-order valence-corrected chi connectivity index (χ0v) is 10.9. The summed E-state index contributed by atoms with van der Waals surface area (Å²) in [7, 11) is 1.42. The highest BCUT2D eigenvalue weighted by atomic mass is 79.9. The van der Waals surface area contributed by atoms with Gasteiger partial charge in [-0.3, -0.25) is 10.1 Å². The second-order valence-electron chi connectivity index (χ2n) is 3.51. The fraction of sp³-hybridized carbons (Fsp3) is 0.0909. The first-order valence-corrected chi connectivity index (χ1v) is 5.71. The van der Waals surface area contributed by atoms with Crippen LogP contribution in [0.1, 0.15) is 5.56 Å². The standard InChI is InChI=1S/C11H9BrN2O4/c1-18-9-3-5(6(12)4-8(9)15)2-7-10(16)14-11(17)13-7/h2-4,15H,1H3,(H2,13,14,16,17). The number of halogens is 1. The summed E-state index contributed by atoms with van der Waals surface area (Å²) >= 11 is 3.25. The number of imide groups is 1. The Morgan fingerprint density at radius 1 is 1.33 bits per heavy atom. The largest absolute Gasteiger partial charge is 0.504 e. The van der Waals surface area contributed by atoms with Gasteiger partial charge in [0.2, 0.25) is 0 Å². The summed E-state index contributed by atoms with van der Waals surface area (Å²) in [5, 5.41) is 14.0. The molecule has 1 heterocycles. The number of aromatic hydroxyl groups is 1. The third-order valence-corrected chi connectivity index (χ3v) is 3.00. The summed E-state index contributed by atoms with van der Waals surface area (Å²) in [6.45, 7) is 0. The van der Waals surface area contributed by atoms with Gasteiger partial charge in [0.25, 0.3) is 5.91 Å². The summed E-state index contributed by atoms with van der Waals surface area (Å²) in [5.74, 6) is -0.250. The Morgan fingerprint density at radius 3 is 2.61 bits per heavy atom. The first kappa shape index (κ1) is 12.4. The van der Waals surface area contributed by atoms with E-state index in [1.165, 1.54) is 19.3 Å². The van der Waals surface area contributed by atoms with Crippen LogP contribution in [0.25, 0.3) is 6.08 Å². The third-order valence-electron chi connectivity index (χ3n) is 2.32. The zero-order chi connectivity index (χ0) is 13.3. The number of hydrogen-bond acceptors (Lipinski definition) is 4. The number of hydrogen-bond donors (Lipinski definition) is 3. The second kappa shape index (κ2) is 4.69. The molecule has 0 unspecified atom stereocenters. The van der Waals surface area contributed by atoms with Crippen molar-refractivity contribution in [3.63, 3.8) is 0 Å². The molecule has 0 saturated carbocycles. The molecule has 1 aliphatic heterocycles. The molecule has 94 valence electrons. The number of carbonyl (C=O) groups is 2. The molecule has 3 amide bonds. The molecule has 1 aromatic carbocycles. The number of benzene rings is 1. The van der Waals surface area contributed by atoms with Gasteiger partial charge in [-0.25, -0.2) is 4.79 Å². The SMILES string of the molecule is COc1cc(C=C2NC(=O)NC2=O)c(Br)cc1O. The average Bonchev–Trinajstić information content (AvgIpc) is 2.61. The van der Waals surface area contributed by atoms with Crippen LogP contribution in [0.2, 0.25) is 0 Å². The molecule has 0 spiro atoms. The number of nitrogens with one attached hydrogen (secondary N) is 2. The average molecular weight is 313 g/mol. The summed E-state index contributed by atoms with van der Waals surface area (Å²) < 4.78 is 5.54. The number of rotatable bonds is 2. The Labute approximate surface area is 111 Å². The van der Waals surface area contributed by atoms with Gasteiger partial charge in [0.1, 0.15) is 5.70 Å². The van der Waals surface area contributed by atoms with Crippen LogP contribution < -0.4 is 15.4 Å². The number of carbonyl (C=O) groups excluding carboxylic acids is 2. The Morgan fingerprint density at radius 2 is 2.06 bits per heavy atom. The van der Waals surface area contributed by atoms with Gasteiger partial charge >= 0.3 is 6.03 Å². The van der Waals surface area contributed by atoms with Crippen LogP contribution in [-0.2, 0) is 4.79 Å². The topological polar surface area (TPSA) is 87.7 Å². The molecule has 6 nitrogen and oxygen atoms in total. The second-order valence-corrected chi connectivity index (χ2v) is 4.37. The third kappa shape index (κ3) is 2.30. The molecular formula is C11H9BrN2O4. The van der Waals surface area contributed by atoms with Gasteiger partial charge < -0.3 is 15.2 Å². The number of phenolic OH excluding ortho intramolecular Hbond substituents is 1. The molecule has 0 bridgehead atoms. The van der Waals surface area contributed by atoms with Gasteiger partial charge in [-0.15, -0.1) is 0 Å². The van der Waals surface area contributed by atoms with Crippen molar-refractivity contribution >= 4 is 33.9 Å². The predicted octanol–water partition coefficient (Wildman–Crippen LogP) is 1.34. The van der Waals surface area contributed by atoms with E-state index in [4.69, 9.17) is 4.74 Å². The summed E-state index contributed by atoms with van der Waals surface area (Å²) in [6, 6.07) is 2.43. The quantitative estimate of drug-likeness (QED) is 0.568. The van der Waals surface area contributed by atoms with Gasteiger partial charge in [0.05, 0.1) is 7.11 Å². The minimum Gasteiger partial charge on any atom is -0.504 e. The van der Waals surface area contributed by atoms with E-state index in [2.05, 4.69) is 26.6 Å². The summed E-state index contributed by atoms with van der Waals surface area (Å²) in [5.41, 5.74) is 0.727. The molecule has 3 N–H and O–H groups in total. The first-order chi connectivity index (χ1) is 8.51. The van der Waals surface area contributed by atoms with Gasteiger partial charge in [0.15, 0.2) is 11.5 Å². The molecule has 18 heavy (non-hydrogen) atoms. The predicted molar refractivity (Wildman–Crippen MR) is 67.0 cm³/mol. The lowest BCUT2D eigenvalue weighted by molar-refractivity contribution is -0.115. The van der Waals surface area contributed by atoms with Gasteiger partial charge in [-0.1, -0.05) is 15.9 Å². The van der Waals surface area contributed by atoms with E-state index >= 15 is 0 Å². The lowest BCUT2D eigenvalue weighted by Crippen LogP contribution is -2.22. The summed E-state index contributed by atoms with van der Waals surface area (Å²) in [4.78, 5) is 22.3. The van der Waals surface area contributed by atoms with Crippen molar-refractivity contribution in [2.75, 3.05) is 7.11 Å². The smallest absolute Gasteiger partial charge is 0.326 e. The Bertz CT molecular complexity index is 568. The zero-order valence-electron chi connectivity index (χ0n) is 9.28. The van der Waals surface area contributed by atoms with Crippen molar-refractivity contribution in [1.82, 2.24) is 10.6 Å². The fourth-order valence-electron chi connectivity index (χ4n) is 1.47. The van der Waals surface area contributed by atoms with Crippen LogP contribution in [0, 0.1) is 0 Å². The van der Waals surface area contributed by atoms with Crippen LogP contribution in [0.3, 0.4) is 0 Å². The summed E-state index contributed by atoms with van der Waals surface area (Å²) in [6.07, 6.45) is 1.48. The Hall–Kier alpha value is -2.02. The van der Waals surface area contributed by atoms with E-state index in [9.17, 15) is 14.7 Å². The number of ether oxygens (including phenoxy) is 1. The van der Waals surface area contributed by atoms with Gasteiger partial charge in [-0.2, -0.15) is 0 Å². The van der Waals surface area contributed by atoms with E-state index in [0.29, 0.717) is 10.0 Å². The molecule has 1 fully saturated rings. The van der Waals surface area contributed by atoms with Crippen LogP contribution in [0.4, 0.5) is 4.79 Å². The maximum atomic E-state index is 11.4. The van der Waals surface area contributed by atoms with Crippen LogP contribution in [-0.4, -0.2) is 24.2 Å². The molecule has 1 aromatic rings. The van der Waals surface area contributed by atoms with E-state index < -0.39 is 11.9 Å². The molecule has 0 atom stereocenters. The number of phenols is 1. The molecule has 0 aliphatic carbocycles. The highest BCUT2D eigenvalue weighted by Gasteiger charge is 2.23. The van der Waals surface area contributed by atoms with E-state index in [-0.39, 0.29) is 17.2 Å². The molecule has 0 radical (unpaired) electrons. The monoisotopic (exact) mass is 312 g/mol. The maximum absolute atomic E-state index is 11.4. The highest BCUT2D eigenvalue weighted by molar-refractivity contribution is 9.10. The van der Waals surface area contributed by atoms with Crippen LogP contribution in [0.15, 0.2) is 22.3 Å². The van der Waals surface area contributed by atoms with Crippen molar-refractivity contribution < 1.29 is 19.4 Å². The minimum atomic E-state index is -0.562. The molecule has 1 saturated heterocycles. The van der Waals surface area contributed by atoms with E-state index in [0.717, 1.165) is 0 Å². The molecule has 7 heteroatoms. The van der Waals surface area contributed by atoms with Crippen molar-refractivity contribution in [3.05, 3.63) is 27.9 Å². The van der Waals surface area contributed by atoms with Crippen molar-refractivity contribution in [2.45, 2.75) is 0 Å². The lowest BCUT2D eigenvalue weighted by atomic mass is 10.1. The number of methoxy groups -OCH3 is 1. The van der Waals surface area contributed by atoms with Gasteiger partial charge in [0, 0.05) is 4.47 Å². The van der Waals surface area contributed by atoms with E-state index in [1.54, 1.807) is 6.07 Å². The highest BCUT2D eigenvalue weighted by Crippen LogP contribution is 2.33. The number of amides is 3. The van der Waals surface area contributed by atoms with Crippen LogP contribution in [0.5, 0.6) is 11.5 Å². The van der Waals surface area contributed by atoms with E-state index in [1.807, 2.05) is 0 Å². The Balaban J connectivity index is 2.43. The lowest BCUT2D eigenvalue weighted by Gasteiger charge is -2.06.